The first-order chi connectivity index (χ1) is 9.69. The van der Waals surface area contributed by atoms with Gasteiger partial charge in [-0.15, -0.1) is 0 Å². The topological polar surface area (TPSA) is 75.4 Å². The molecule has 5 heteroatoms. The van der Waals surface area contributed by atoms with Crippen molar-refractivity contribution in [3.05, 3.63) is 35.4 Å². The molecule has 0 saturated carbocycles. The molecule has 0 aromatic heterocycles. The monoisotopic (exact) mass is 275 g/mol. The van der Waals surface area contributed by atoms with Crippen molar-refractivity contribution in [2.24, 2.45) is 5.84 Å². The van der Waals surface area contributed by atoms with Gasteiger partial charge in [-0.05, 0) is 24.0 Å². The molecular weight excluding hydrogens is 254 g/mol. The van der Waals surface area contributed by atoms with Crippen LogP contribution in [0.4, 0.5) is 0 Å². The van der Waals surface area contributed by atoms with Crippen LogP contribution in [0.15, 0.2) is 24.3 Å². The molecule has 0 bridgehead atoms. The van der Waals surface area contributed by atoms with E-state index in [1.54, 1.807) is 0 Å². The quantitative estimate of drug-likeness (QED) is 0.491. The normalized spacial score (nSPS) is 15.8. The molecule has 1 aliphatic heterocycles. The van der Waals surface area contributed by atoms with Gasteiger partial charge in [0.1, 0.15) is 0 Å². The van der Waals surface area contributed by atoms with Gasteiger partial charge in [0.2, 0.25) is 11.8 Å². The summed E-state index contributed by atoms with van der Waals surface area (Å²) in [4.78, 5) is 25.0. The second-order valence-corrected chi connectivity index (χ2v) is 5.19. The number of carbonyl (C=O) groups excluding carboxylic acids is 2. The minimum absolute atomic E-state index is 0.208. The smallest absolute Gasteiger partial charge is 0.238 e. The highest BCUT2D eigenvalue weighted by Gasteiger charge is 2.16. The van der Waals surface area contributed by atoms with Crippen LogP contribution < -0.4 is 11.3 Å². The molecule has 0 spiro atoms. The highest BCUT2D eigenvalue weighted by Crippen LogP contribution is 2.15. The molecule has 1 aromatic carbocycles. The fourth-order valence-corrected chi connectivity index (χ4v) is 2.43. The van der Waals surface area contributed by atoms with Gasteiger partial charge >= 0.3 is 0 Å². The number of carbonyl (C=O) groups is 2. The van der Waals surface area contributed by atoms with Gasteiger partial charge in [-0.25, -0.2) is 5.84 Å². The van der Waals surface area contributed by atoms with E-state index in [9.17, 15) is 9.59 Å². The molecule has 20 heavy (non-hydrogen) atoms. The third kappa shape index (κ3) is 4.06. The molecule has 3 N–H and O–H groups in total. The molecule has 0 unspecified atom stereocenters. The Bertz CT molecular complexity index is 471. The summed E-state index contributed by atoms with van der Waals surface area (Å²) < 4.78 is 0. The van der Waals surface area contributed by atoms with Gasteiger partial charge in [0.05, 0.1) is 6.42 Å². The minimum Gasteiger partial charge on any atom is -0.338 e. The maximum atomic E-state index is 11.9. The number of nitrogens with two attached hydrogens (primary N) is 1. The Hall–Kier alpha value is -1.88. The van der Waals surface area contributed by atoms with Crippen molar-refractivity contribution >= 4 is 11.8 Å². The summed E-state index contributed by atoms with van der Waals surface area (Å²) in [6, 6.07) is 7.76. The average molecular weight is 275 g/mol. The Morgan fingerprint density at radius 1 is 1.15 bits per heavy atom. The van der Waals surface area contributed by atoms with Crippen LogP contribution in [0.2, 0.25) is 0 Å². The van der Waals surface area contributed by atoms with E-state index >= 15 is 0 Å². The van der Waals surface area contributed by atoms with Crippen molar-refractivity contribution in [3.63, 3.8) is 0 Å². The second kappa shape index (κ2) is 7.05. The van der Waals surface area contributed by atoms with E-state index in [0.717, 1.165) is 36.9 Å². The van der Waals surface area contributed by atoms with E-state index < -0.39 is 0 Å². The van der Waals surface area contributed by atoms with Crippen LogP contribution in [0.3, 0.4) is 0 Å². The molecule has 1 aliphatic rings. The third-order valence-electron chi connectivity index (χ3n) is 3.59. The lowest BCUT2D eigenvalue weighted by molar-refractivity contribution is -0.131. The summed E-state index contributed by atoms with van der Waals surface area (Å²) >= 11 is 0. The van der Waals surface area contributed by atoms with Crippen molar-refractivity contribution in [3.8, 4) is 0 Å². The highest BCUT2D eigenvalue weighted by atomic mass is 16.2. The summed E-state index contributed by atoms with van der Waals surface area (Å²) in [5.41, 5.74) is 4.12. The number of rotatable bonds is 4. The van der Waals surface area contributed by atoms with Crippen LogP contribution in [0, 0.1) is 0 Å². The van der Waals surface area contributed by atoms with Crippen molar-refractivity contribution in [2.75, 3.05) is 6.54 Å². The van der Waals surface area contributed by atoms with Gasteiger partial charge in [-0.2, -0.15) is 0 Å². The maximum absolute atomic E-state index is 11.9. The maximum Gasteiger partial charge on any atom is 0.238 e. The Morgan fingerprint density at radius 3 is 2.55 bits per heavy atom. The van der Waals surface area contributed by atoms with Crippen LogP contribution in [-0.2, 0) is 22.6 Å². The first-order valence-corrected chi connectivity index (χ1v) is 7.04. The average Bonchev–Trinajstić information content (AvgIpc) is 2.66. The second-order valence-electron chi connectivity index (χ2n) is 5.19. The molecule has 0 atom stereocenters. The number of hydrazine groups is 1. The molecule has 2 amide bonds. The van der Waals surface area contributed by atoms with Gasteiger partial charge in [-0.1, -0.05) is 30.7 Å². The summed E-state index contributed by atoms with van der Waals surface area (Å²) in [6.45, 7) is 1.50. The minimum atomic E-state index is -0.208. The number of amides is 2. The van der Waals surface area contributed by atoms with E-state index in [1.807, 2.05) is 29.2 Å². The summed E-state index contributed by atoms with van der Waals surface area (Å²) in [5.74, 6) is 5.10. The molecule has 0 radical (unpaired) electrons. The van der Waals surface area contributed by atoms with Crippen molar-refractivity contribution < 1.29 is 9.59 Å². The molecule has 5 nitrogen and oxygen atoms in total. The van der Waals surface area contributed by atoms with Gasteiger partial charge in [0.15, 0.2) is 0 Å². The lowest BCUT2D eigenvalue weighted by Gasteiger charge is -2.20. The molecule has 1 saturated heterocycles. The number of hydrogen-bond donors (Lipinski definition) is 2. The van der Waals surface area contributed by atoms with Crippen molar-refractivity contribution in [1.29, 1.82) is 0 Å². The molecule has 0 aliphatic carbocycles. The van der Waals surface area contributed by atoms with Gasteiger partial charge in [-0.3, -0.25) is 15.0 Å². The van der Waals surface area contributed by atoms with Gasteiger partial charge in [0.25, 0.3) is 0 Å². The Balaban J connectivity index is 1.95. The van der Waals surface area contributed by atoms with Crippen LogP contribution in [0.5, 0.6) is 0 Å². The largest absolute Gasteiger partial charge is 0.338 e. The number of likely N-dealkylation sites (tertiary alicyclic amines) is 1. The Morgan fingerprint density at radius 2 is 1.85 bits per heavy atom. The molecule has 1 fully saturated rings. The fourth-order valence-electron chi connectivity index (χ4n) is 2.43. The van der Waals surface area contributed by atoms with Crippen molar-refractivity contribution in [1.82, 2.24) is 10.3 Å². The molecule has 2 rings (SSSR count). The Labute approximate surface area is 119 Å². The van der Waals surface area contributed by atoms with Gasteiger partial charge < -0.3 is 4.90 Å². The Kier molecular flexibility index (Phi) is 5.12. The SMILES string of the molecule is NNC(=O)Cc1ccc(CN2CCCCCC2=O)cc1. The van der Waals surface area contributed by atoms with Crippen LogP contribution in [-0.4, -0.2) is 23.3 Å². The number of hydrogen-bond acceptors (Lipinski definition) is 3. The van der Waals surface area contributed by atoms with Crippen LogP contribution in [0.1, 0.15) is 36.8 Å². The van der Waals surface area contributed by atoms with E-state index in [2.05, 4.69) is 5.43 Å². The zero-order valence-electron chi connectivity index (χ0n) is 11.6. The molecule has 108 valence electrons. The summed E-state index contributed by atoms with van der Waals surface area (Å²) in [5, 5.41) is 0. The number of nitrogens with one attached hydrogen (secondary N) is 1. The van der Waals surface area contributed by atoms with Crippen LogP contribution in [0.25, 0.3) is 0 Å². The van der Waals surface area contributed by atoms with E-state index in [-0.39, 0.29) is 18.2 Å². The van der Waals surface area contributed by atoms with Gasteiger partial charge in [0, 0.05) is 19.5 Å². The number of benzene rings is 1. The lowest BCUT2D eigenvalue weighted by Crippen LogP contribution is -2.31. The highest BCUT2D eigenvalue weighted by molar-refractivity contribution is 5.78. The van der Waals surface area contributed by atoms with E-state index in [0.29, 0.717) is 13.0 Å². The lowest BCUT2D eigenvalue weighted by atomic mass is 10.1. The summed E-state index contributed by atoms with van der Waals surface area (Å²) in [6.07, 6.45) is 4.16. The predicted octanol–water partition coefficient (Wildman–Crippen LogP) is 1.12. The fraction of sp³-hybridized carbons (Fsp3) is 0.467. The zero-order valence-corrected chi connectivity index (χ0v) is 11.6. The third-order valence-corrected chi connectivity index (χ3v) is 3.59. The van der Waals surface area contributed by atoms with E-state index in [4.69, 9.17) is 5.84 Å². The molecular formula is C15H21N3O2. The molecule has 1 heterocycles. The standard InChI is InChI=1S/C15H21N3O2/c16-17-14(19)10-12-5-7-13(8-6-12)11-18-9-3-1-2-4-15(18)20/h5-8H,1-4,9-11,16H2,(H,17,19). The predicted molar refractivity (Wildman–Crippen MR) is 76.4 cm³/mol. The summed E-state index contributed by atoms with van der Waals surface area (Å²) in [7, 11) is 0. The van der Waals surface area contributed by atoms with Crippen molar-refractivity contribution in [2.45, 2.75) is 38.6 Å². The van der Waals surface area contributed by atoms with Crippen LogP contribution >= 0.6 is 0 Å². The number of nitrogens with zero attached hydrogens (tertiary/aromatic N) is 1. The van der Waals surface area contributed by atoms with E-state index in [1.165, 1.54) is 0 Å². The molecule has 1 aromatic rings. The first kappa shape index (κ1) is 14.5. The zero-order chi connectivity index (χ0) is 14.4. The first-order valence-electron chi connectivity index (χ1n) is 7.04.